The molecule has 1 aliphatic rings. The standard InChI is InChI=1S/C19H25ClN4O2/c1-24(10-2-4-17-5-3-11-26-17)19(25)21-12-15-13-22-23-18(15)14-6-8-16(20)9-7-14/h6-9,13,17H,2-5,10-12H2,1H3,(H,21,25)(H,22,23)/t17-/m1/s1. The van der Waals surface area contributed by atoms with E-state index < -0.39 is 0 Å². The number of hydrogen-bond acceptors (Lipinski definition) is 3. The molecule has 6 nitrogen and oxygen atoms in total. The molecule has 1 atom stereocenters. The van der Waals surface area contributed by atoms with Crippen molar-refractivity contribution < 1.29 is 9.53 Å². The average molecular weight is 377 g/mol. The Bertz CT molecular complexity index is 711. The van der Waals surface area contributed by atoms with Gasteiger partial charge in [0.05, 0.1) is 18.0 Å². The van der Waals surface area contributed by atoms with Crippen LogP contribution in [-0.2, 0) is 11.3 Å². The van der Waals surface area contributed by atoms with Crippen LogP contribution in [0.4, 0.5) is 4.79 Å². The zero-order chi connectivity index (χ0) is 18.4. The Labute approximate surface area is 158 Å². The van der Waals surface area contributed by atoms with Gasteiger partial charge in [0, 0.05) is 37.3 Å². The van der Waals surface area contributed by atoms with Crippen LogP contribution in [0.15, 0.2) is 30.5 Å². The number of nitrogens with zero attached hydrogens (tertiary/aromatic N) is 2. The molecule has 2 heterocycles. The fraction of sp³-hybridized carbons (Fsp3) is 0.474. The van der Waals surface area contributed by atoms with Crippen LogP contribution in [0.1, 0.15) is 31.2 Å². The van der Waals surface area contributed by atoms with E-state index in [1.165, 1.54) is 0 Å². The van der Waals surface area contributed by atoms with Crippen molar-refractivity contribution in [3.8, 4) is 11.3 Å². The number of carbonyl (C=O) groups is 1. The lowest BCUT2D eigenvalue weighted by Crippen LogP contribution is -2.37. The number of carbonyl (C=O) groups excluding carboxylic acids is 1. The van der Waals surface area contributed by atoms with Gasteiger partial charge in [-0.05, 0) is 43.4 Å². The van der Waals surface area contributed by atoms with Crippen molar-refractivity contribution in [3.63, 3.8) is 0 Å². The van der Waals surface area contributed by atoms with Gasteiger partial charge in [-0.3, -0.25) is 5.10 Å². The van der Waals surface area contributed by atoms with Gasteiger partial charge in [0.25, 0.3) is 0 Å². The van der Waals surface area contributed by atoms with Crippen molar-refractivity contribution >= 4 is 17.6 Å². The molecule has 0 aliphatic carbocycles. The minimum absolute atomic E-state index is 0.0828. The van der Waals surface area contributed by atoms with Crippen molar-refractivity contribution in [2.24, 2.45) is 0 Å². The van der Waals surface area contributed by atoms with Crippen molar-refractivity contribution in [2.75, 3.05) is 20.2 Å². The maximum atomic E-state index is 12.3. The number of H-pyrrole nitrogens is 1. The Morgan fingerprint density at radius 3 is 2.96 bits per heavy atom. The predicted octanol–water partition coefficient (Wildman–Crippen LogP) is 3.83. The van der Waals surface area contributed by atoms with Gasteiger partial charge in [0.15, 0.2) is 0 Å². The monoisotopic (exact) mass is 376 g/mol. The molecule has 2 amide bonds. The molecule has 0 bridgehead atoms. The molecule has 26 heavy (non-hydrogen) atoms. The van der Waals surface area contributed by atoms with Gasteiger partial charge in [-0.25, -0.2) is 4.79 Å². The summed E-state index contributed by atoms with van der Waals surface area (Å²) in [6, 6.07) is 7.45. The number of halogens is 1. The first-order valence-electron chi connectivity index (χ1n) is 9.02. The number of nitrogens with one attached hydrogen (secondary N) is 2. The summed E-state index contributed by atoms with van der Waals surface area (Å²) in [6.45, 7) is 2.02. The fourth-order valence-electron chi connectivity index (χ4n) is 3.15. The Kier molecular flexibility index (Phi) is 6.52. The highest BCUT2D eigenvalue weighted by Crippen LogP contribution is 2.23. The Balaban J connectivity index is 1.47. The minimum Gasteiger partial charge on any atom is -0.378 e. The number of aromatic amines is 1. The van der Waals surface area contributed by atoms with Crippen molar-refractivity contribution in [1.29, 1.82) is 0 Å². The highest BCUT2D eigenvalue weighted by Gasteiger charge is 2.16. The molecule has 3 rings (SSSR count). The first-order chi connectivity index (χ1) is 12.6. The van der Waals surface area contributed by atoms with E-state index in [1.807, 2.05) is 31.3 Å². The quantitative estimate of drug-likeness (QED) is 0.771. The summed E-state index contributed by atoms with van der Waals surface area (Å²) >= 11 is 5.94. The molecule has 2 N–H and O–H groups in total. The number of rotatable bonds is 7. The van der Waals surface area contributed by atoms with E-state index >= 15 is 0 Å². The van der Waals surface area contributed by atoms with E-state index in [0.29, 0.717) is 17.7 Å². The molecule has 0 saturated carbocycles. The van der Waals surface area contributed by atoms with E-state index in [0.717, 1.165) is 55.7 Å². The molecular weight excluding hydrogens is 352 g/mol. The predicted molar refractivity (Wildman–Crippen MR) is 102 cm³/mol. The zero-order valence-corrected chi connectivity index (χ0v) is 15.8. The lowest BCUT2D eigenvalue weighted by atomic mass is 10.1. The second kappa shape index (κ2) is 9.05. The summed E-state index contributed by atoms with van der Waals surface area (Å²) < 4.78 is 5.62. The number of amides is 2. The third kappa shape index (κ3) is 4.99. The molecule has 0 unspecified atom stereocenters. The van der Waals surface area contributed by atoms with Crippen LogP contribution in [0, 0.1) is 0 Å². The first kappa shape index (κ1) is 18.7. The molecule has 1 aliphatic heterocycles. The van der Waals surface area contributed by atoms with E-state index in [-0.39, 0.29) is 6.03 Å². The van der Waals surface area contributed by atoms with Crippen molar-refractivity contribution in [1.82, 2.24) is 20.4 Å². The van der Waals surface area contributed by atoms with Crippen LogP contribution in [-0.4, -0.2) is 47.4 Å². The molecular formula is C19H25ClN4O2. The first-order valence-corrected chi connectivity index (χ1v) is 9.40. The second-order valence-corrected chi connectivity index (χ2v) is 7.07. The van der Waals surface area contributed by atoms with Crippen LogP contribution in [0.3, 0.4) is 0 Å². The fourth-order valence-corrected chi connectivity index (χ4v) is 3.27. The summed E-state index contributed by atoms with van der Waals surface area (Å²) in [5.41, 5.74) is 2.82. The molecule has 7 heteroatoms. The number of aromatic nitrogens is 2. The summed E-state index contributed by atoms with van der Waals surface area (Å²) in [5, 5.41) is 10.7. The van der Waals surface area contributed by atoms with Crippen molar-refractivity contribution in [2.45, 2.75) is 38.3 Å². The lowest BCUT2D eigenvalue weighted by molar-refractivity contribution is 0.100. The summed E-state index contributed by atoms with van der Waals surface area (Å²) in [6.07, 6.45) is 6.38. The summed E-state index contributed by atoms with van der Waals surface area (Å²) in [7, 11) is 1.82. The molecule has 1 aromatic heterocycles. The van der Waals surface area contributed by atoms with E-state index in [9.17, 15) is 4.79 Å². The Morgan fingerprint density at radius 2 is 2.23 bits per heavy atom. The van der Waals surface area contributed by atoms with E-state index in [1.54, 1.807) is 11.1 Å². The molecule has 1 fully saturated rings. The minimum atomic E-state index is -0.0828. The van der Waals surface area contributed by atoms with Crippen LogP contribution in [0.5, 0.6) is 0 Å². The van der Waals surface area contributed by atoms with Crippen LogP contribution in [0.2, 0.25) is 5.02 Å². The van der Waals surface area contributed by atoms with Gasteiger partial charge in [-0.15, -0.1) is 0 Å². The Morgan fingerprint density at radius 1 is 1.42 bits per heavy atom. The number of hydrogen-bond donors (Lipinski definition) is 2. The maximum absolute atomic E-state index is 12.3. The average Bonchev–Trinajstić information content (AvgIpc) is 3.32. The van der Waals surface area contributed by atoms with Crippen LogP contribution in [0.25, 0.3) is 11.3 Å². The van der Waals surface area contributed by atoms with E-state index in [2.05, 4.69) is 15.5 Å². The molecule has 1 saturated heterocycles. The zero-order valence-electron chi connectivity index (χ0n) is 15.0. The topological polar surface area (TPSA) is 70.2 Å². The third-order valence-corrected chi connectivity index (χ3v) is 4.92. The van der Waals surface area contributed by atoms with Crippen molar-refractivity contribution in [3.05, 3.63) is 41.0 Å². The second-order valence-electron chi connectivity index (χ2n) is 6.63. The number of benzene rings is 1. The molecule has 140 valence electrons. The van der Waals surface area contributed by atoms with E-state index in [4.69, 9.17) is 16.3 Å². The molecule has 0 radical (unpaired) electrons. The summed E-state index contributed by atoms with van der Waals surface area (Å²) in [4.78, 5) is 14.0. The van der Waals surface area contributed by atoms with Gasteiger partial charge in [0.2, 0.25) is 0 Å². The molecule has 0 spiro atoms. The van der Waals surface area contributed by atoms with Gasteiger partial charge in [0.1, 0.15) is 0 Å². The number of ether oxygens (including phenoxy) is 1. The smallest absolute Gasteiger partial charge is 0.317 e. The maximum Gasteiger partial charge on any atom is 0.317 e. The lowest BCUT2D eigenvalue weighted by Gasteiger charge is -2.19. The van der Waals surface area contributed by atoms with Crippen LogP contribution >= 0.6 is 11.6 Å². The normalized spacial score (nSPS) is 16.6. The highest BCUT2D eigenvalue weighted by molar-refractivity contribution is 6.30. The third-order valence-electron chi connectivity index (χ3n) is 4.67. The van der Waals surface area contributed by atoms with Gasteiger partial charge < -0.3 is 15.0 Å². The largest absolute Gasteiger partial charge is 0.378 e. The summed E-state index contributed by atoms with van der Waals surface area (Å²) in [5.74, 6) is 0. The van der Waals surface area contributed by atoms with Crippen LogP contribution < -0.4 is 5.32 Å². The van der Waals surface area contributed by atoms with Gasteiger partial charge in [-0.2, -0.15) is 5.10 Å². The van der Waals surface area contributed by atoms with Gasteiger partial charge in [-0.1, -0.05) is 23.7 Å². The highest BCUT2D eigenvalue weighted by atomic mass is 35.5. The Hall–Kier alpha value is -2.05. The molecule has 2 aromatic rings. The number of urea groups is 1. The SMILES string of the molecule is CN(CCC[C@@H]1CCCO1)C(=O)NCc1cn[nH]c1-c1ccc(Cl)cc1. The van der Waals surface area contributed by atoms with Gasteiger partial charge >= 0.3 is 6.03 Å². The molecule has 1 aromatic carbocycles.